The average molecular weight is 403 g/mol. The highest BCUT2D eigenvalue weighted by Crippen LogP contribution is 2.23. The molecule has 1 aliphatic carbocycles. The van der Waals surface area contributed by atoms with Crippen LogP contribution >= 0.6 is 0 Å². The minimum atomic E-state index is 1.19. The molecule has 0 amide bonds. The Morgan fingerprint density at radius 2 is 1.32 bits per heavy atom. The fourth-order valence-electron chi connectivity index (χ4n) is 3.77. The van der Waals surface area contributed by atoms with E-state index in [1.165, 1.54) is 44.0 Å². The molecule has 3 aromatic rings. The highest BCUT2D eigenvalue weighted by atomic mass is 14.9. The minimum absolute atomic E-state index is 1.19. The van der Waals surface area contributed by atoms with E-state index in [9.17, 15) is 0 Å². The zero-order valence-corrected chi connectivity index (χ0v) is 18.4. The molecule has 31 heavy (non-hydrogen) atoms. The molecule has 0 unspecified atom stereocenters. The van der Waals surface area contributed by atoms with E-state index in [4.69, 9.17) is 0 Å². The summed E-state index contributed by atoms with van der Waals surface area (Å²) in [5.41, 5.74) is 7.48. The third kappa shape index (κ3) is 4.90. The van der Waals surface area contributed by atoms with Gasteiger partial charge in [0.15, 0.2) is 5.71 Å². The van der Waals surface area contributed by atoms with Gasteiger partial charge in [-0.3, -0.25) is 0 Å². The molecule has 0 radical (unpaired) electrons. The van der Waals surface area contributed by atoms with Gasteiger partial charge >= 0.3 is 0 Å². The van der Waals surface area contributed by atoms with Gasteiger partial charge in [-0.05, 0) is 57.3 Å². The van der Waals surface area contributed by atoms with Gasteiger partial charge < -0.3 is 0 Å². The lowest BCUT2D eigenvalue weighted by atomic mass is 9.92. The smallest absolute Gasteiger partial charge is 0.199 e. The molecule has 0 heterocycles. The predicted octanol–water partition coefficient (Wildman–Crippen LogP) is 4.79. The summed E-state index contributed by atoms with van der Waals surface area (Å²) in [6.07, 6.45) is 12.9. The maximum atomic E-state index is 2.23. The van der Waals surface area contributed by atoms with Crippen LogP contribution < -0.4 is 10.4 Å². The van der Waals surface area contributed by atoms with Crippen LogP contribution in [0, 0.1) is 6.92 Å². The van der Waals surface area contributed by atoms with Gasteiger partial charge in [0.1, 0.15) is 14.1 Å². The van der Waals surface area contributed by atoms with Crippen LogP contribution in [0.1, 0.15) is 16.7 Å². The van der Waals surface area contributed by atoms with Gasteiger partial charge in [-0.15, -0.1) is 0 Å². The summed E-state index contributed by atoms with van der Waals surface area (Å²) in [6.45, 7) is 2.18. The molecule has 0 saturated carbocycles. The van der Waals surface area contributed by atoms with Crippen molar-refractivity contribution in [3.05, 3.63) is 142 Å². The molecule has 3 aromatic carbocycles. The number of hydrogen-bond acceptors (Lipinski definition) is 0. The van der Waals surface area contributed by atoms with E-state index in [0.717, 1.165) is 0 Å². The van der Waals surface area contributed by atoms with E-state index in [-0.39, 0.29) is 0 Å². The van der Waals surface area contributed by atoms with Gasteiger partial charge in [0.25, 0.3) is 0 Å². The van der Waals surface area contributed by atoms with E-state index in [2.05, 4.69) is 141 Å². The molecular formula is C30H28N+. The molecule has 0 aromatic heterocycles. The number of allylic oxidation sites excluding steroid dienone is 6. The molecule has 0 spiro atoms. The lowest BCUT2D eigenvalue weighted by Gasteiger charge is -2.12. The molecule has 0 atom stereocenters. The number of nitrogens with zero attached hydrogens (tertiary/aromatic N) is 1. The maximum Gasteiger partial charge on any atom is 0.199 e. The minimum Gasteiger partial charge on any atom is -0.235 e. The first-order valence-corrected chi connectivity index (χ1v) is 10.7. The lowest BCUT2D eigenvalue weighted by molar-refractivity contribution is -0.462. The first-order valence-electron chi connectivity index (χ1n) is 10.7. The van der Waals surface area contributed by atoms with Crippen LogP contribution in [0.3, 0.4) is 0 Å². The van der Waals surface area contributed by atoms with E-state index in [1.807, 2.05) is 0 Å². The van der Waals surface area contributed by atoms with Crippen LogP contribution in [0.4, 0.5) is 0 Å². The largest absolute Gasteiger partial charge is 0.235 e. The second kappa shape index (κ2) is 9.40. The quantitative estimate of drug-likeness (QED) is 0.554. The second-order valence-electron chi connectivity index (χ2n) is 8.00. The number of benzene rings is 3. The summed E-state index contributed by atoms with van der Waals surface area (Å²) < 4.78 is 2.11. The maximum absolute atomic E-state index is 2.23. The molecule has 0 fully saturated rings. The fourth-order valence-corrected chi connectivity index (χ4v) is 3.77. The van der Waals surface area contributed by atoms with Crippen molar-refractivity contribution in [3.8, 4) is 0 Å². The van der Waals surface area contributed by atoms with Crippen molar-refractivity contribution in [2.75, 3.05) is 14.1 Å². The average Bonchev–Trinajstić information content (AvgIpc) is 2.81. The van der Waals surface area contributed by atoms with Crippen LogP contribution in [-0.4, -0.2) is 24.4 Å². The summed E-state index contributed by atoms with van der Waals surface area (Å²) in [5.74, 6) is 0. The summed E-state index contributed by atoms with van der Waals surface area (Å²) in [4.78, 5) is 0. The van der Waals surface area contributed by atoms with Crippen molar-refractivity contribution in [3.63, 3.8) is 0 Å². The Morgan fingerprint density at radius 1 is 0.677 bits per heavy atom. The third-order valence-corrected chi connectivity index (χ3v) is 5.55. The molecule has 152 valence electrons. The Labute approximate surface area is 185 Å². The Bertz CT molecular complexity index is 1290. The van der Waals surface area contributed by atoms with Gasteiger partial charge in [-0.1, -0.05) is 91.0 Å². The number of aryl methyl sites for hydroxylation is 1. The first-order chi connectivity index (χ1) is 15.1. The zero-order chi connectivity index (χ0) is 21.6. The van der Waals surface area contributed by atoms with Crippen LogP contribution in [0.5, 0.6) is 0 Å². The third-order valence-electron chi connectivity index (χ3n) is 5.55. The number of hydrogen-bond donors (Lipinski definition) is 0. The van der Waals surface area contributed by atoms with Crippen molar-refractivity contribution in [2.24, 2.45) is 0 Å². The molecular weight excluding hydrogens is 374 g/mol. The van der Waals surface area contributed by atoms with Gasteiger partial charge in [0.2, 0.25) is 0 Å². The van der Waals surface area contributed by atoms with Crippen LogP contribution in [0.2, 0.25) is 0 Å². The zero-order valence-electron chi connectivity index (χ0n) is 18.4. The SMILES string of the molecule is Cc1ccccc1C(c1ccccc1)=c1ccc(=CC=C2C=CC(=[N+](C)C)C=C2)cc1. The summed E-state index contributed by atoms with van der Waals surface area (Å²) in [7, 11) is 4.12. The molecule has 0 aliphatic heterocycles. The van der Waals surface area contributed by atoms with E-state index >= 15 is 0 Å². The standard InChI is InChI=1S/C30H28N/c1-23-9-7-8-12-29(23)30(26-10-5-4-6-11-26)27-19-15-24(16-20-27)13-14-25-17-21-28(22-18-25)31(2)3/h4-22H,1-3H3/q+1. The van der Waals surface area contributed by atoms with Crippen molar-refractivity contribution in [2.45, 2.75) is 6.92 Å². The molecule has 0 N–H and O–H groups in total. The topological polar surface area (TPSA) is 3.01 Å². The molecule has 0 bridgehead atoms. The Kier molecular flexibility index (Phi) is 6.24. The second-order valence-corrected chi connectivity index (χ2v) is 8.00. The molecule has 1 aliphatic rings. The predicted molar refractivity (Wildman–Crippen MR) is 133 cm³/mol. The van der Waals surface area contributed by atoms with Crippen LogP contribution in [0.25, 0.3) is 11.6 Å². The number of rotatable bonds is 3. The molecule has 0 saturated heterocycles. The van der Waals surface area contributed by atoms with Crippen LogP contribution in [0.15, 0.2) is 115 Å². The van der Waals surface area contributed by atoms with Gasteiger partial charge in [-0.2, -0.15) is 0 Å². The molecule has 4 rings (SSSR count). The molecule has 1 nitrogen and oxygen atoms in total. The molecule has 1 heteroatoms. The normalized spacial score (nSPS) is 12.6. The Morgan fingerprint density at radius 3 is 1.97 bits per heavy atom. The Balaban J connectivity index is 1.75. The Hall–Kier alpha value is -3.71. The highest BCUT2D eigenvalue weighted by molar-refractivity contribution is 6.02. The van der Waals surface area contributed by atoms with E-state index in [0.29, 0.717) is 0 Å². The van der Waals surface area contributed by atoms with Crippen molar-refractivity contribution in [1.82, 2.24) is 0 Å². The van der Waals surface area contributed by atoms with Gasteiger partial charge in [0.05, 0.1) is 0 Å². The van der Waals surface area contributed by atoms with Crippen molar-refractivity contribution < 1.29 is 4.58 Å². The van der Waals surface area contributed by atoms with Crippen LogP contribution in [-0.2, 0) is 0 Å². The lowest BCUT2D eigenvalue weighted by Crippen LogP contribution is -2.12. The highest BCUT2D eigenvalue weighted by Gasteiger charge is 2.08. The fraction of sp³-hybridized carbons (Fsp3) is 0.100. The van der Waals surface area contributed by atoms with E-state index in [1.54, 1.807) is 0 Å². The van der Waals surface area contributed by atoms with Gasteiger partial charge in [-0.25, -0.2) is 4.58 Å². The monoisotopic (exact) mass is 402 g/mol. The van der Waals surface area contributed by atoms with E-state index < -0.39 is 0 Å². The van der Waals surface area contributed by atoms with Gasteiger partial charge in [0, 0.05) is 12.2 Å². The summed E-state index contributed by atoms with van der Waals surface area (Å²) >= 11 is 0. The summed E-state index contributed by atoms with van der Waals surface area (Å²) in [6, 6.07) is 28.1. The van der Waals surface area contributed by atoms with Crippen molar-refractivity contribution in [1.29, 1.82) is 0 Å². The first kappa shape index (κ1) is 20.6. The van der Waals surface area contributed by atoms with Crippen molar-refractivity contribution >= 4 is 17.4 Å². The summed E-state index contributed by atoms with van der Waals surface area (Å²) in [5, 5.41) is 2.42.